The number of anilines is 1. The number of benzene rings is 2. The van der Waals surface area contributed by atoms with Crippen LogP contribution in [-0.4, -0.2) is 30.4 Å². The van der Waals surface area contributed by atoms with Crippen molar-refractivity contribution in [1.82, 2.24) is 5.32 Å². The Morgan fingerprint density at radius 3 is 2.65 bits per heavy atom. The number of carbonyl (C=O) groups is 3. The average Bonchev–Trinajstić information content (AvgIpc) is 3.26. The molecule has 2 aromatic rings. The van der Waals surface area contributed by atoms with Crippen molar-refractivity contribution in [2.75, 3.05) is 11.4 Å². The molecule has 160 valence electrons. The summed E-state index contributed by atoms with van der Waals surface area (Å²) in [6, 6.07) is 13.1. The number of amides is 2. The zero-order valence-corrected chi connectivity index (χ0v) is 17.0. The minimum Gasteiger partial charge on any atom is -0.451 e. The van der Waals surface area contributed by atoms with Gasteiger partial charge in [-0.1, -0.05) is 24.3 Å². The van der Waals surface area contributed by atoms with Crippen molar-refractivity contribution < 1.29 is 23.5 Å². The second-order valence-electron chi connectivity index (χ2n) is 8.60. The highest BCUT2D eigenvalue weighted by Gasteiger charge is 2.48. The standard InChI is InChI=1S/C24H23FN2O4/c25-16-4-3-5-18(12-16)27-14-17(13-21(27)28)26-22(29)15-8-10-24(11-9-15)20-7-2-1-6-19(20)23(30)31-24/h1-7,12,15,17H,8-11,13-14H2,(H,26,29). The van der Waals surface area contributed by atoms with E-state index in [1.807, 2.05) is 18.2 Å². The van der Waals surface area contributed by atoms with Gasteiger partial charge in [-0.2, -0.15) is 0 Å². The summed E-state index contributed by atoms with van der Waals surface area (Å²) in [6.45, 7) is 0.329. The fourth-order valence-corrected chi connectivity index (χ4v) is 5.08. The summed E-state index contributed by atoms with van der Waals surface area (Å²) < 4.78 is 19.3. The van der Waals surface area contributed by atoms with Crippen molar-refractivity contribution in [2.45, 2.75) is 43.7 Å². The molecule has 31 heavy (non-hydrogen) atoms. The molecule has 6 nitrogen and oxygen atoms in total. The number of fused-ring (bicyclic) bond motifs is 2. The van der Waals surface area contributed by atoms with Crippen LogP contribution < -0.4 is 10.2 Å². The van der Waals surface area contributed by atoms with E-state index in [2.05, 4.69) is 5.32 Å². The van der Waals surface area contributed by atoms with Crippen LogP contribution in [0.3, 0.4) is 0 Å². The molecule has 0 bridgehead atoms. The van der Waals surface area contributed by atoms with Crippen LogP contribution in [-0.2, 0) is 19.9 Å². The van der Waals surface area contributed by atoms with Crippen LogP contribution in [0.2, 0.25) is 0 Å². The molecule has 2 aliphatic heterocycles. The molecule has 1 N–H and O–H groups in total. The third-order valence-corrected chi connectivity index (χ3v) is 6.68. The van der Waals surface area contributed by atoms with Gasteiger partial charge in [-0.3, -0.25) is 9.59 Å². The highest BCUT2D eigenvalue weighted by atomic mass is 19.1. The van der Waals surface area contributed by atoms with E-state index < -0.39 is 11.4 Å². The quantitative estimate of drug-likeness (QED) is 0.770. The van der Waals surface area contributed by atoms with E-state index in [4.69, 9.17) is 4.74 Å². The maximum Gasteiger partial charge on any atom is 0.339 e. The predicted molar refractivity (Wildman–Crippen MR) is 111 cm³/mol. The second kappa shape index (κ2) is 7.48. The van der Waals surface area contributed by atoms with Crippen molar-refractivity contribution in [3.63, 3.8) is 0 Å². The zero-order chi connectivity index (χ0) is 21.6. The molecule has 1 saturated carbocycles. The summed E-state index contributed by atoms with van der Waals surface area (Å²) >= 11 is 0. The summed E-state index contributed by atoms with van der Waals surface area (Å²) in [5.74, 6) is -1.08. The van der Waals surface area contributed by atoms with Crippen LogP contribution in [0.5, 0.6) is 0 Å². The summed E-state index contributed by atoms with van der Waals surface area (Å²) in [6.07, 6.45) is 2.63. The van der Waals surface area contributed by atoms with Crippen molar-refractivity contribution in [3.8, 4) is 0 Å². The number of hydrogen-bond donors (Lipinski definition) is 1. The van der Waals surface area contributed by atoms with E-state index >= 15 is 0 Å². The lowest BCUT2D eigenvalue weighted by Gasteiger charge is -2.36. The van der Waals surface area contributed by atoms with Gasteiger partial charge in [0.05, 0.1) is 11.6 Å². The van der Waals surface area contributed by atoms with Gasteiger partial charge in [0.1, 0.15) is 11.4 Å². The van der Waals surface area contributed by atoms with Gasteiger partial charge in [0.25, 0.3) is 0 Å². The minimum atomic E-state index is -0.623. The molecule has 2 heterocycles. The van der Waals surface area contributed by atoms with Crippen molar-refractivity contribution in [1.29, 1.82) is 0 Å². The number of hydrogen-bond acceptors (Lipinski definition) is 4. The molecule has 1 aliphatic carbocycles. The molecule has 7 heteroatoms. The Balaban J connectivity index is 1.20. The number of ether oxygens (including phenoxy) is 1. The summed E-state index contributed by atoms with van der Waals surface area (Å²) in [5.41, 5.74) is 1.42. The SMILES string of the molecule is O=C1OC2(CCC(C(=O)NC3CC(=O)N(c4cccc(F)c4)C3)CC2)c2ccccc21. The van der Waals surface area contributed by atoms with Crippen LogP contribution in [0.1, 0.15) is 48.0 Å². The molecule has 5 rings (SSSR count). The Morgan fingerprint density at radius 2 is 1.87 bits per heavy atom. The van der Waals surface area contributed by atoms with Gasteiger partial charge in [0, 0.05) is 30.1 Å². The maximum absolute atomic E-state index is 13.5. The molecule has 3 aliphatic rings. The largest absolute Gasteiger partial charge is 0.451 e. The maximum atomic E-state index is 13.5. The van der Waals surface area contributed by atoms with Crippen LogP contribution in [0.25, 0.3) is 0 Å². The lowest BCUT2D eigenvalue weighted by molar-refractivity contribution is -0.128. The minimum absolute atomic E-state index is 0.0775. The van der Waals surface area contributed by atoms with Gasteiger partial charge in [0.2, 0.25) is 11.8 Å². The molecule has 1 spiro atoms. The molecular weight excluding hydrogens is 399 g/mol. The number of esters is 1. The topological polar surface area (TPSA) is 75.7 Å². The lowest BCUT2D eigenvalue weighted by atomic mass is 9.74. The van der Waals surface area contributed by atoms with E-state index in [0.717, 1.165) is 5.56 Å². The molecule has 0 aromatic heterocycles. The first-order chi connectivity index (χ1) is 14.9. The fourth-order valence-electron chi connectivity index (χ4n) is 5.08. The Bertz CT molecular complexity index is 1060. The van der Waals surface area contributed by atoms with E-state index in [1.54, 1.807) is 18.2 Å². The van der Waals surface area contributed by atoms with Gasteiger partial charge < -0.3 is 15.0 Å². The van der Waals surface area contributed by atoms with Crippen LogP contribution in [0.15, 0.2) is 48.5 Å². The molecule has 0 radical (unpaired) electrons. The Kier molecular flexibility index (Phi) is 4.76. The zero-order valence-electron chi connectivity index (χ0n) is 17.0. The molecule has 2 fully saturated rings. The first-order valence-electron chi connectivity index (χ1n) is 10.6. The van der Waals surface area contributed by atoms with Gasteiger partial charge in [0.15, 0.2) is 0 Å². The number of halogens is 1. The van der Waals surface area contributed by atoms with E-state index in [0.29, 0.717) is 43.5 Å². The first-order valence-corrected chi connectivity index (χ1v) is 10.6. The number of rotatable bonds is 3. The molecule has 1 unspecified atom stereocenters. The van der Waals surface area contributed by atoms with Gasteiger partial charge >= 0.3 is 5.97 Å². The third kappa shape index (κ3) is 3.48. The Hall–Kier alpha value is -3.22. The summed E-state index contributed by atoms with van der Waals surface area (Å²) in [4.78, 5) is 39.0. The highest BCUT2D eigenvalue weighted by Crippen LogP contribution is 2.48. The van der Waals surface area contributed by atoms with Crippen LogP contribution in [0.4, 0.5) is 10.1 Å². The van der Waals surface area contributed by atoms with Crippen LogP contribution >= 0.6 is 0 Å². The van der Waals surface area contributed by atoms with Gasteiger partial charge in [-0.15, -0.1) is 0 Å². The second-order valence-corrected chi connectivity index (χ2v) is 8.60. The third-order valence-electron chi connectivity index (χ3n) is 6.68. The number of nitrogens with one attached hydrogen (secondary N) is 1. The molecule has 2 aromatic carbocycles. The molecule has 1 atom stereocenters. The molecule has 1 saturated heterocycles. The predicted octanol–water partition coefficient (Wildman–Crippen LogP) is 3.30. The van der Waals surface area contributed by atoms with Crippen molar-refractivity contribution in [2.24, 2.45) is 5.92 Å². The smallest absolute Gasteiger partial charge is 0.339 e. The fraction of sp³-hybridized carbons (Fsp3) is 0.375. The van der Waals surface area contributed by atoms with Gasteiger partial charge in [-0.05, 0) is 49.9 Å². The Morgan fingerprint density at radius 1 is 1.10 bits per heavy atom. The number of carbonyl (C=O) groups excluding carboxylic acids is 3. The monoisotopic (exact) mass is 422 g/mol. The molecule has 2 amide bonds. The average molecular weight is 422 g/mol. The first kappa shape index (κ1) is 19.7. The normalized spacial score (nSPS) is 27.3. The van der Waals surface area contributed by atoms with E-state index in [9.17, 15) is 18.8 Å². The van der Waals surface area contributed by atoms with Gasteiger partial charge in [-0.25, -0.2) is 9.18 Å². The van der Waals surface area contributed by atoms with Crippen molar-refractivity contribution >= 4 is 23.5 Å². The molecular formula is C24H23FN2O4. The van der Waals surface area contributed by atoms with Crippen molar-refractivity contribution in [3.05, 3.63) is 65.5 Å². The lowest BCUT2D eigenvalue weighted by Crippen LogP contribution is -2.43. The Labute approximate surface area is 179 Å². The summed E-state index contributed by atoms with van der Waals surface area (Å²) in [5, 5.41) is 3.00. The van der Waals surface area contributed by atoms with Crippen LogP contribution in [0, 0.1) is 11.7 Å². The van der Waals surface area contributed by atoms with E-state index in [-0.39, 0.29) is 36.2 Å². The summed E-state index contributed by atoms with van der Waals surface area (Å²) in [7, 11) is 0. The van der Waals surface area contributed by atoms with E-state index in [1.165, 1.54) is 17.0 Å². The highest BCUT2D eigenvalue weighted by molar-refractivity contribution is 5.97. The number of nitrogens with zero attached hydrogens (tertiary/aromatic N) is 1.